The Morgan fingerprint density at radius 1 is 1.16 bits per heavy atom. The zero-order valence-electron chi connectivity index (χ0n) is 17.3. The van der Waals surface area contributed by atoms with Gasteiger partial charge in [-0.15, -0.1) is 0 Å². The van der Waals surface area contributed by atoms with Crippen LogP contribution in [0.4, 0.5) is 11.6 Å². The second-order valence-corrected chi connectivity index (χ2v) is 9.15. The number of fused-ring (bicyclic) bond motifs is 1. The van der Waals surface area contributed by atoms with E-state index in [1.165, 1.54) is 34.6 Å². The molecular weight excluding hydrogens is 434 g/mol. The summed E-state index contributed by atoms with van der Waals surface area (Å²) < 4.78 is 37.6. The molecule has 0 spiro atoms. The number of benzene rings is 2. The molecule has 9 nitrogen and oxygen atoms in total. The van der Waals surface area contributed by atoms with Gasteiger partial charge in [-0.05, 0) is 55.7 Å². The first-order valence-electron chi connectivity index (χ1n) is 9.95. The lowest BCUT2D eigenvalue weighted by Gasteiger charge is -2.30. The number of aromatic nitrogens is 1. The third-order valence-electron chi connectivity index (χ3n) is 4.97. The number of esters is 1. The minimum Gasteiger partial charge on any atom is -0.452 e. The van der Waals surface area contributed by atoms with Crippen LogP contribution in [0.25, 0.3) is 0 Å². The van der Waals surface area contributed by atoms with Crippen LogP contribution in [0, 0.1) is 6.92 Å². The van der Waals surface area contributed by atoms with E-state index in [0.29, 0.717) is 17.9 Å². The highest BCUT2D eigenvalue weighted by atomic mass is 32.2. The second kappa shape index (κ2) is 8.83. The second-order valence-electron chi connectivity index (χ2n) is 7.29. The molecule has 0 radical (unpaired) electrons. The van der Waals surface area contributed by atoms with Crippen molar-refractivity contribution >= 4 is 33.5 Å². The van der Waals surface area contributed by atoms with Gasteiger partial charge in [0.25, 0.3) is 15.9 Å². The van der Waals surface area contributed by atoms with Crippen LogP contribution in [0.5, 0.6) is 0 Å². The number of hydrogen-bond acceptors (Lipinski definition) is 7. The predicted molar refractivity (Wildman–Crippen MR) is 116 cm³/mol. The molecule has 32 heavy (non-hydrogen) atoms. The Morgan fingerprint density at radius 2 is 1.91 bits per heavy atom. The van der Waals surface area contributed by atoms with Crippen molar-refractivity contribution < 1.29 is 27.3 Å². The van der Waals surface area contributed by atoms with E-state index in [1.54, 1.807) is 13.0 Å². The summed E-state index contributed by atoms with van der Waals surface area (Å²) in [6, 6.07) is 14.4. The van der Waals surface area contributed by atoms with E-state index in [0.717, 1.165) is 18.4 Å². The molecule has 166 valence electrons. The minimum atomic E-state index is -3.78. The van der Waals surface area contributed by atoms with Gasteiger partial charge >= 0.3 is 5.97 Å². The van der Waals surface area contributed by atoms with Crippen LogP contribution in [-0.2, 0) is 26.0 Å². The monoisotopic (exact) mass is 455 g/mol. The fourth-order valence-electron chi connectivity index (χ4n) is 3.45. The van der Waals surface area contributed by atoms with E-state index < -0.39 is 28.5 Å². The topological polar surface area (TPSA) is 119 Å². The van der Waals surface area contributed by atoms with E-state index >= 15 is 0 Å². The lowest BCUT2D eigenvalue weighted by atomic mass is 10.0. The standard InChI is InChI=1S/C22H21N3O6S/c1-15-13-21(31-24-15)23-20(26)14-30-22(27)17-8-10-18(11-9-17)32(28,29)25-12-4-6-16-5-2-3-7-19(16)25/h2-3,5,7-11,13H,4,6,12,14H2,1H3,(H,23,26). The van der Waals surface area contributed by atoms with Crippen LogP contribution in [0.15, 0.2) is 64.0 Å². The number of carbonyl (C=O) groups excluding carboxylic acids is 2. The number of anilines is 2. The number of para-hydroxylation sites is 1. The highest BCUT2D eigenvalue weighted by Gasteiger charge is 2.29. The number of ether oxygens (including phenoxy) is 1. The van der Waals surface area contributed by atoms with Crippen molar-refractivity contribution in [1.29, 1.82) is 0 Å². The zero-order chi connectivity index (χ0) is 22.7. The summed E-state index contributed by atoms with van der Waals surface area (Å²) >= 11 is 0. The number of hydrogen-bond donors (Lipinski definition) is 1. The molecule has 0 fully saturated rings. The number of nitrogens with zero attached hydrogens (tertiary/aromatic N) is 2. The van der Waals surface area contributed by atoms with Gasteiger partial charge in [-0.2, -0.15) is 0 Å². The summed E-state index contributed by atoms with van der Waals surface area (Å²) in [6.07, 6.45) is 1.56. The lowest BCUT2D eigenvalue weighted by molar-refractivity contribution is -0.119. The van der Waals surface area contributed by atoms with Gasteiger partial charge in [0.1, 0.15) is 0 Å². The molecule has 0 saturated heterocycles. The van der Waals surface area contributed by atoms with Gasteiger partial charge in [-0.1, -0.05) is 23.4 Å². The maximum Gasteiger partial charge on any atom is 0.338 e. The van der Waals surface area contributed by atoms with Crippen molar-refractivity contribution in [2.75, 3.05) is 22.8 Å². The Hall–Kier alpha value is -3.66. The van der Waals surface area contributed by atoms with Crippen LogP contribution in [-0.4, -0.2) is 38.6 Å². The first-order chi connectivity index (χ1) is 15.3. The molecule has 0 unspecified atom stereocenters. The average molecular weight is 455 g/mol. The third kappa shape index (κ3) is 4.50. The van der Waals surface area contributed by atoms with Crippen molar-refractivity contribution in [3.05, 3.63) is 71.4 Å². The molecule has 3 aromatic rings. The predicted octanol–water partition coefficient (Wildman–Crippen LogP) is 2.92. The van der Waals surface area contributed by atoms with Crippen LogP contribution in [0.3, 0.4) is 0 Å². The van der Waals surface area contributed by atoms with Crippen molar-refractivity contribution in [3.63, 3.8) is 0 Å². The quantitative estimate of drug-likeness (QED) is 0.568. The molecule has 2 heterocycles. The van der Waals surface area contributed by atoms with Crippen molar-refractivity contribution in [2.45, 2.75) is 24.7 Å². The highest BCUT2D eigenvalue weighted by Crippen LogP contribution is 2.31. The summed E-state index contributed by atoms with van der Waals surface area (Å²) in [5, 5.41) is 6.05. The normalized spacial score (nSPS) is 13.3. The van der Waals surface area contributed by atoms with E-state index in [-0.39, 0.29) is 16.3 Å². The average Bonchev–Trinajstić information content (AvgIpc) is 3.21. The molecule has 0 saturated carbocycles. The fourth-order valence-corrected chi connectivity index (χ4v) is 4.99. The lowest BCUT2D eigenvalue weighted by Crippen LogP contribution is -2.35. The molecule has 4 rings (SSSR count). The first-order valence-corrected chi connectivity index (χ1v) is 11.4. The third-order valence-corrected chi connectivity index (χ3v) is 6.80. The van der Waals surface area contributed by atoms with E-state index in [2.05, 4.69) is 10.5 Å². The Kier molecular flexibility index (Phi) is 5.95. The van der Waals surface area contributed by atoms with Crippen molar-refractivity contribution in [3.8, 4) is 0 Å². The van der Waals surface area contributed by atoms with Gasteiger partial charge in [0.2, 0.25) is 5.88 Å². The molecule has 1 aliphatic rings. The summed E-state index contributed by atoms with van der Waals surface area (Å²) in [5.41, 5.74) is 2.39. The summed E-state index contributed by atoms with van der Waals surface area (Å²) in [4.78, 5) is 24.2. The minimum absolute atomic E-state index is 0.0733. The highest BCUT2D eigenvalue weighted by molar-refractivity contribution is 7.92. The summed E-state index contributed by atoms with van der Waals surface area (Å²) in [7, 11) is -3.78. The summed E-state index contributed by atoms with van der Waals surface area (Å²) in [6.45, 7) is 1.57. The molecule has 2 aromatic carbocycles. The van der Waals surface area contributed by atoms with Gasteiger partial charge in [0, 0.05) is 12.6 Å². The number of carbonyl (C=O) groups is 2. The van der Waals surface area contributed by atoms with Gasteiger partial charge in [0.05, 0.1) is 21.8 Å². The fraction of sp³-hybridized carbons (Fsp3) is 0.227. The van der Waals surface area contributed by atoms with Gasteiger partial charge in [0.15, 0.2) is 6.61 Å². The number of aryl methyl sites for hydroxylation is 2. The number of amides is 1. The largest absolute Gasteiger partial charge is 0.452 e. The van der Waals surface area contributed by atoms with Gasteiger partial charge < -0.3 is 9.26 Å². The van der Waals surface area contributed by atoms with Crippen LogP contribution < -0.4 is 9.62 Å². The number of rotatable bonds is 6. The maximum atomic E-state index is 13.2. The molecule has 1 aromatic heterocycles. The molecular formula is C22H21N3O6S. The maximum absolute atomic E-state index is 13.2. The Labute approximate surface area is 185 Å². The first kappa shape index (κ1) is 21.6. The molecule has 1 N–H and O–H groups in total. The van der Waals surface area contributed by atoms with Crippen molar-refractivity contribution in [1.82, 2.24) is 5.16 Å². The molecule has 0 atom stereocenters. The van der Waals surface area contributed by atoms with E-state index in [9.17, 15) is 18.0 Å². The molecule has 0 bridgehead atoms. The Balaban J connectivity index is 1.41. The Morgan fingerprint density at radius 3 is 2.62 bits per heavy atom. The number of sulfonamides is 1. The Bertz CT molecular complexity index is 1250. The van der Waals surface area contributed by atoms with E-state index in [1.807, 2.05) is 18.2 Å². The summed E-state index contributed by atoms with van der Waals surface area (Å²) in [5.74, 6) is -1.18. The molecule has 1 amide bonds. The molecule has 1 aliphatic heterocycles. The van der Waals surface area contributed by atoms with Gasteiger partial charge in [-0.25, -0.2) is 13.2 Å². The van der Waals surface area contributed by atoms with Crippen LogP contribution >= 0.6 is 0 Å². The molecule has 10 heteroatoms. The van der Waals surface area contributed by atoms with E-state index in [4.69, 9.17) is 9.26 Å². The van der Waals surface area contributed by atoms with Gasteiger partial charge in [-0.3, -0.25) is 14.4 Å². The zero-order valence-corrected chi connectivity index (χ0v) is 18.1. The van der Waals surface area contributed by atoms with Crippen LogP contribution in [0.2, 0.25) is 0 Å². The SMILES string of the molecule is Cc1cc(NC(=O)COC(=O)c2ccc(S(=O)(=O)N3CCCc4ccccc43)cc2)on1. The number of nitrogens with one attached hydrogen (secondary N) is 1. The van der Waals surface area contributed by atoms with Crippen LogP contribution in [0.1, 0.15) is 28.0 Å². The smallest absolute Gasteiger partial charge is 0.338 e. The molecule has 0 aliphatic carbocycles. The van der Waals surface area contributed by atoms with Crippen molar-refractivity contribution in [2.24, 2.45) is 0 Å².